The first-order chi connectivity index (χ1) is 25.0. The Morgan fingerprint density at radius 1 is 0.704 bits per heavy atom. The number of benzene rings is 4. The van der Waals surface area contributed by atoms with E-state index >= 15 is 0 Å². The third kappa shape index (κ3) is 5.20. The van der Waals surface area contributed by atoms with Crippen LogP contribution in [0.25, 0.3) is 22.3 Å². The molecule has 0 amide bonds. The zero-order valence-electron chi connectivity index (χ0n) is 34.4. The standard InChI is InChI=1S/C31H37.C7H9.2C6H4Cl.CH2.Zr/c1-28(2,3)26-16-30(7,8)24-12-18-11-19-13-25-23(15-21(19)20(18)14-22(24)26)27(29(4,5)6)17-31(25,9)10;1-6-3-4-7(2)5-6;2*7-6-4-2-1-3-5-6;;/h12-16H,11H2,1-10H3;3,5,7H,1-2H3;2*1-2,4-5H;1H2;. The van der Waals surface area contributed by atoms with Gasteiger partial charge < -0.3 is 0 Å². The zero-order chi connectivity index (χ0) is 39.2. The predicted molar refractivity (Wildman–Crippen MR) is 235 cm³/mol. The van der Waals surface area contributed by atoms with Gasteiger partial charge in [0.2, 0.25) is 0 Å². The molecule has 0 heterocycles. The minimum atomic E-state index is -5.23. The predicted octanol–water partition coefficient (Wildman–Crippen LogP) is 13.6. The average molecular weight is 831 g/mol. The Kier molecular flexibility index (Phi) is 8.35. The molecule has 0 aliphatic heterocycles. The summed E-state index contributed by atoms with van der Waals surface area (Å²) < 4.78 is 11.3. The first kappa shape index (κ1) is 38.1. The van der Waals surface area contributed by atoms with Crippen molar-refractivity contribution >= 4 is 45.1 Å². The Morgan fingerprint density at radius 3 is 1.72 bits per heavy atom. The quantitative estimate of drug-likeness (QED) is 0.169. The van der Waals surface area contributed by atoms with Crippen molar-refractivity contribution < 1.29 is 18.3 Å². The van der Waals surface area contributed by atoms with Crippen LogP contribution in [-0.2, 0) is 35.5 Å². The Hall–Kier alpha value is -2.83. The Labute approximate surface area is 335 Å². The molecule has 8 rings (SSSR count). The van der Waals surface area contributed by atoms with Crippen LogP contribution >= 0.6 is 23.2 Å². The molecule has 0 bridgehead atoms. The monoisotopic (exact) mass is 828 g/mol. The van der Waals surface area contributed by atoms with E-state index in [4.69, 9.17) is 27.4 Å². The van der Waals surface area contributed by atoms with Crippen LogP contribution in [0, 0.1) is 16.7 Å². The molecule has 0 fully saturated rings. The van der Waals surface area contributed by atoms with Crippen LogP contribution in [-0.4, -0.2) is 4.21 Å². The molecule has 4 aliphatic rings. The fraction of sp³-hybridized carbons (Fsp3) is 0.353. The number of fused-ring (bicyclic) bond motifs is 5. The van der Waals surface area contributed by atoms with Gasteiger partial charge in [-0.15, -0.1) is 0 Å². The molecule has 4 aromatic rings. The normalized spacial score (nSPS) is 20.0. The van der Waals surface area contributed by atoms with E-state index in [1.807, 2.05) is 12.1 Å². The van der Waals surface area contributed by atoms with E-state index in [0.29, 0.717) is 0 Å². The van der Waals surface area contributed by atoms with Crippen molar-refractivity contribution in [2.45, 2.75) is 100 Å². The number of hydrogen-bond donors (Lipinski definition) is 0. The minimum absolute atomic E-state index is 0.0151. The Balaban J connectivity index is 1.50. The van der Waals surface area contributed by atoms with Gasteiger partial charge >= 0.3 is 338 Å². The summed E-state index contributed by atoms with van der Waals surface area (Å²) in [6.07, 6.45) is 8.39. The first-order valence-electron chi connectivity index (χ1n) is 19.8. The number of rotatable bonds is 4. The molecule has 0 nitrogen and oxygen atoms in total. The molecule has 0 N–H and O–H groups in total. The molecule has 3 heteroatoms. The second-order valence-electron chi connectivity index (χ2n) is 20.2. The van der Waals surface area contributed by atoms with E-state index in [2.05, 4.69) is 162 Å². The van der Waals surface area contributed by atoms with Crippen molar-refractivity contribution in [2.75, 3.05) is 0 Å². The molecule has 278 valence electrons. The van der Waals surface area contributed by atoms with Crippen molar-refractivity contribution in [3.05, 3.63) is 147 Å². The summed E-state index contributed by atoms with van der Waals surface area (Å²) >= 11 is 8.84. The van der Waals surface area contributed by atoms with Gasteiger partial charge in [0, 0.05) is 0 Å². The molecular formula is C51H56Cl2Zr. The molecule has 4 aromatic carbocycles. The molecule has 1 atom stereocenters. The van der Waals surface area contributed by atoms with Crippen molar-refractivity contribution in [3.63, 3.8) is 0 Å². The summed E-state index contributed by atoms with van der Waals surface area (Å²) in [5.41, 5.74) is 15.1. The summed E-state index contributed by atoms with van der Waals surface area (Å²) in [6.45, 7) is 28.6. The molecule has 4 aliphatic carbocycles. The number of allylic oxidation sites excluding steroid dienone is 8. The average Bonchev–Trinajstić information content (AvgIpc) is 3.76. The zero-order valence-corrected chi connectivity index (χ0v) is 38.4. The second kappa shape index (κ2) is 11.9. The number of halogens is 2. The van der Waals surface area contributed by atoms with Crippen LogP contribution in [0.3, 0.4) is 0 Å². The van der Waals surface area contributed by atoms with Crippen LogP contribution in [0.2, 0.25) is 10.0 Å². The Bertz CT molecular complexity index is 2480. The van der Waals surface area contributed by atoms with Gasteiger partial charge in [-0.3, -0.25) is 0 Å². The summed E-state index contributed by atoms with van der Waals surface area (Å²) in [6, 6.07) is 27.7. The van der Waals surface area contributed by atoms with Crippen LogP contribution in [0.4, 0.5) is 0 Å². The van der Waals surface area contributed by atoms with E-state index in [1.165, 1.54) is 74.3 Å². The third-order valence-electron chi connectivity index (χ3n) is 13.5. The molecule has 0 radical (unpaired) electrons. The molecule has 0 saturated heterocycles. The first-order valence-corrected chi connectivity index (χ1v) is 27.2. The van der Waals surface area contributed by atoms with Gasteiger partial charge in [-0.25, -0.2) is 0 Å². The van der Waals surface area contributed by atoms with Crippen LogP contribution in [0.5, 0.6) is 0 Å². The van der Waals surface area contributed by atoms with Crippen molar-refractivity contribution in [3.8, 4) is 11.1 Å². The van der Waals surface area contributed by atoms with Gasteiger partial charge in [-0.1, -0.05) is 0 Å². The van der Waals surface area contributed by atoms with Gasteiger partial charge in [0.25, 0.3) is 0 Å². The number of hydrogen-bond acceptors (Lipinski definition) is 0. The van der Waals surface area contributed by atoms with Gasteiger partial charge in [-0.2, -0.15) is 0 Å². The maximum absolute atomic E-state index is 7.04. The van der Waals surface area contributed by atoms with E-state index in [-0.39, 0.29) is 27.6 Å². The molecule has 0 spiro atoms. The summed E-state index contributed by atoms with van der Waals surface area (Å²) in [4.78, 5) is 0. The fourth-order valence-corrected chi connectivity index (χ4v) is 31.8. The van der Waals surface area contributed by atoms with Gasteiger partial charge in [0.05, 0.1) is 0 Å². The van der Waals surface area contributed by atoms with E-state index in [1.54, 1.807) is 0 Å². The third-order valence-corrected chi connectivity index (χ3v) is 31.3. The van der Waals surface area contributed by atoms with Crippen molar-refractivity contribution in [1.29, 1.82) is 0 Å². The summed E-state index contributed by atoms with van der Waals surface area (Å²) in [5.74, 6) is 0.215. The second-order valence-corrected chi connectivity index (χ2v) is 33.7. The molecular weight excluding hydrogens is 775 g/mol. The van der Waals surface area contributed by atoms with Crippen molar-refractivity contribution in [2.24, 2.45) is 16.7 Å². The van der Waals surface area contributed by atoms with Gasteiger partial charge in [0.1, 0.15) is 0 Å². The SMILES string of the molecule is [CH2]=[Zr]([C]1=CC(C)=CC1C)([C]1=C(C(C)(C)C)c2cc3c(cc2C1(C)C)Cc1cc2c(cc1-3)C(C(C)(C)C)=CC2(C)C)([c]1cccc(Cl)c1)[c]1cccc(Cl)c1. The van der Waals surface area contributed by atoms with Crippen molar-refractivity contribution in [1.82, 2.24) is 0 Å². The molecule has 0 aromatic heterocycles. The fourth-order valence-electron chi connectivity index (χ4n) is 11.4. The van der Waals surface area contributed by atoms with E-state index < -0.39 is 18.3 Å². The molecule has 0 saturated carbocycles. The Morgan fingerprint density at radius 2 is 1.24 bits per heavy atom. The van der Waals surface area contributed by atoms with Crippen LogP contribution < -0.4 is 6.54 Å². The molecule has 1 unspecified atom stereocenters. The topological polar surface area (TPSA) is 0 Å². The van der Waals surface area contributed by atoms with Crippen LogP contribution in [0.1, 0.15) is 116 Å². The summed E-state index contributed by atoms with van der Waals surface area (Å²) in [5, 5.41) is 1.49. The maximum atomic E-state index is 7.04. The van der Waals surface area contributed by atoms with Crippen LogP contribution in [0.15, 0.2) is 103 Å². The van der Waals surface area contributed by atoms with E-state index in [9.17, 15) is 0 Å². The molecule has 54 heavy (non-hydrogen) atoms. The van der Waals surface area contributed by atoms with Gasteiger partial charge in [-0.05, 0) is 0 Å². The van der Waals surface area contributed by atoms with E-state index in [0.717, 1.165) is 16.5 Å². The van der Waals surface area contributed by atoms with Gasteiger partial charge in [0.15, 0.2) is 0 Å². The summed E-state index contributed by atoms with van der Waals surface area (Å²) in [7, 11) is 0.